The van der Waals surface area contributed by atoms with Crippen LogP contribution in [0.2, 0.25) is 0 Å². The zero-order valence-corrected chi connectivity index (χ0v) is 21.9. The van der Waals surface area contributed by atoms with E-state index in [-0.39, 0.29) is 0 Å². The number of pyridine rings is 1. The van der Waals surface area contributed by atoms with Crippen molar-refractivity contribution < 1.29 is 4.57 Å². The van der Waals surface area contributed by atoms with Gasteiger partial charge in [-0.1, -0.05) is 57.5 Å². The van der Waals surface area contributed by atoms with Crippen LogP contribution in [-0.4, -0.2) is 15.0 Å². The number of aromatic nitrogens is 4. The van der Waals surface area contributed by atoms with E-state index in [9.17, 15) is 0 Å². The molecule has 0 bridgehead atoms. The first kappa shape index (κ1) is 24.0. The molecule has 0 aliphatic heterocycles. The van der Waals surface area contributed by atoms with E-state index in [4.69, 9.17) is 15.0 Å². The van der Waals surface area contributed by atoms with Crippen molar-refractivity contribution in [1.82, 2.24) is 15.0 Å². The van der Waals surface area contributed by atoms with Crippen molar-refractivity contribution in [2.24, 2.45) is 18.9 Å². The van der Waals surface area contributed by atoms with E-state index in [1.807, 2.05) is 0 Å². The van der Waals surface area contributed by atoms with Gasteiger partial charge in [0.05, 0.1) is 5.39 Å². The molecule has 0 aliphatic rings. The molecule has 0 N–H and O–H groups in total. The first-order valence-electron chi connectivity index (χ1n) is 12.4. The van der Waals surface area contributed by atoms with Gasteiger partial charge in [0.25, 0.3) is 0 Å². The van der Waals surface area contributed by atoms with Gasteiger partial charge in [-0.3, -0.25) is 0 Å². The highest BCUT2D eigenvalue weighted by atomic mass is 15.0. The molecule has 2 heterocycles. The number of fused-ring (bicyclic) bond motifs is 1. The summed E-state index contributed by atoms with van der Waals surface area (Å²) in [7, 11) is 2.13. The van der Waals surface area contributed by atoms with Crippen LogP contribution < -0.4 is 4.57 Å². The van der Waals surface area contributed by atoms with Crippen LogP contribution >= 0.6 is 0 Å². The zero-order valence-electron chi connectivity index (χ0n) is 21.9. The molecule has 0 saturated carbocycles. The molecule has 4 aromatic rings. The summed E-state index contributed by atoms with van der Waals surface area (Å²) in [6, 6.07) is 13.3. The number of hydrogen-bond donors (Lipinski definition) is 0. The van der Waals surface area contributed by atoms with Gasteiger partial charge in [0, 0.05) is 30.0 Å². The predicted octanol–water partition coefficient (Wildman–Crippen LogP) is 6.51. The van der Waals surface area contributed by atoms with E-state index in [1.165, 1.54) is 33.3 Å². The van der Waals surface area contributed by atoms with Crippen molar-refractivity contribution in [3.63, 3.8) is 0 Å². The molecule has 0 amide bonds. The third-order valence-corrected chi connectivity index (χ3v) is 6.37. The number of hydrogen-bond acceptors (Lipinski definition) is 3. The summed E-state index contributed by atoms with van der Waals surface area (Å²) in [6.07, 6.45) is 3.94. The van der Waals surface area contributed by atoms with Gasteiger partial charge in [0.15, 0.2) is 12.0 Å². The van der Waals surface area contributed by atoms with Crippen LogP contribution in [0.4, 0.5) is 0 Å². The Labute approximate surface area is 204 Å². The fraction of sp³-hybridized carbons (Fsp3) is 0.400. The number of nitrogens with zero attached hydrogens (tertiary/aromatic N) is 4. The lowest BCUT2D eigenvalue weighted by molar-refractivity contribution is -0.659. The third-order valence-electron chi connectivity index (χ3n) is 6.37. The molecular formula is C30H37N4+. The minimum absolute atomic E-state index is 0.496. The molecule has 0 spiro atoms. The summed E-state index contributed by atoms with van der Waals surface area (Å²) in [5, 5.41) is 2.35. The highest BCUT2D eigenvalue weighted by Crippen LogP contribution is 2.31. The molecular weight excluding hydrogens is 416 g/mol. The highest BCUT2D eigenvalue weighted by molar-refractivity contribution is 5.95. The Bertz CT molecular complexity index is 1320. The SMILES string of the molecule is Cc1cc(C)c(C)c(-c2cc3cccc(-c4nc(CC(C)C)nc(CC(C)C)n4)c3c[n+]2C)c1. The number of aryl methyl sites for hydroxylation is 3. The molecule has 2 aromatic heterocycles. The Balaban J connectivity index is 1.90. The van der Waals surface area contributed by atoms with Crippen molar-refractivity contribution in [3.05, 3.63) is 70.9 Å². The molecule has 0 saturated heterocycles. The Hall–Kier alpha value is -3.14. The molecule has 0 atom stereocenters. The molecule has 0 fully saturated rings. The largest absolute Gasteiger partial charge is 0.218 e. The number of benzene rings is 2. The Morgan fingerprint density at radius 1 is 0.794 bits per heavy atom. The average Bonchev–Trinajstić information content (AvgIpc) is 2.74. The summed E-state index contributed by atoms with van der Waals surface area (Å²) < 4.78 is 2.23. The maximum Gasteiger partial charge on any atom is 0.213 e. The van der Waals surface area contributed by atoms with Gasteiger partial charge in [-0.25, -0.2) is 19.5 Å². The van der Waals surface area contributed by atoms with Gasteiger partial charge in [-0.15, -0.1) is 0 Å². The summed E-state index contributed by atoms with van der Waals surface area (Å²) in [5.74, 6) is 3.55. The third kappa shape index (κ3) is 5.01. The monoisotopic (exact) mass is 453 g/mol. The van der Waals surface area contributed by atoms with Gasteiger partial charge in [0.2, 0.25) is 5.69 Å². The van der Waals surface area contributed by atoms with Crippen molar-refractivity contribution in [2.75, 3.05) is 0 Å². The zero-order chi connectivity index (χ0) is 24.6. The highest BCUT2D eigenvalue weighted by Gasteiger charge is 2.19. The van der Waals surface area contributed by atoms with Crippen LogP contribution in [0.3, 0.4) is 0 Å². The van der Waals surface area contributed by atoms with Crippen LogP contribution in [-0.2, 0) is 19.9 Å². The van der Waals surface area contributed by atoms with Crippen LogP contribution in [0.25, 0.3) is 33.4 Å². The molecule has 0 radical (unpaired) electrons. The van der Waals surface area contributed by atoms with Crippen LogP contribution in [0.15, 0.2) is 42.6 Å². The first-order chi connectivity index (χ1) is 16.1. The van der Waals surface area contributed by atoms with Gasteiger partial charge >= 0.3 is 0 Å². The molecule has 0 aliphatic carbocycles. The van der Waals surface area contributed by atoms with Crippen molar-refractivity contribution in [1.29, 1.82) is 0 Å². The fourth-order valence-corrected chi connectivity index (χ4v) is 4.64. The minimum atomic E-state index is 0.496. The molecule has 4 heteroatoms. The second-order valence-corrected chi connectivity index (χ2v) is 10.5. The Morgan fingerprint density at radius 2 is 1.44 bits per heavy atom. The van der Waals surface area contributed by atoms with Crippen LogP contribution in [0.1, 0.15) is 56.0 Å². The van der Waals surface area contributed by atoms with Crippen LogP contribution in [0.5, 0.6) is 0 Å². The van der Waals surface area contributed by atoms with Gasteiger partial charge in [-0.2, -0.15) is 0 Å². The van der Waals surface area contributed by atoms with E-state index >= 15 is 0 Å². The lowest BCUT2D eigenvalue weighted by Crippen LogP contribution is -2.30. The second-order valence-electron chi connectivity index (χ2n) is 10.5. The summed E-state index contributed by atoms with van der Waals surface area (Å²) in [5.41, 5.74) is 7.49. The van der Waals surface area contributed by atoms with E-state index < -0.39 is 0 Å². The Morgan fingerprint density at radius 3 is 2.06 bits per heavy atom. The lowest BCUT2D eigenvalue weighted by Gasteiger charge is -2.13. The molecule has 4 nitrogen and oxygen atoms in total. The molecule has 4 rings (SSSR count). The predicted molar refractivity (Wildman–Crippen MR) is 141 cm³/mol. The van der Waals surface area contributed by atoms with E-state index in [1.54, 1.807) is 0 Å². The minimum Gasteiger partial charge on any atom is -0.218 e. The van der Waals surface area contributed by atoms with Gasteiger partial charge in [-0.05, 0) is 55.2 Å². The van der Waals surface area contributed by atoms with E-state index in [0.717, 1.165) is 41.3 Å². The molecule has 34 heavy (non-hydrogen) atoms. The first-order valence-corrected chi connectivity index (χ1v) is 12.4. The summed E-state index contributed by atoms with van der Waals surface area (Å²) in [6.45, 7) is 15.4. The van der Waals surface area contributed by atoms with Crippen LogP contribution in [0, 0.1) is 32.6 Å². The van der Waals surface area contributed by atoms with Gasteiger partial charge in [0.1, 0.15) is 18.7 Å². The van der Waals surface area contributed by atoms with E-state index in [2.05, 4.69) is 103 Å². The lowest BCUT2D eigenvalue weighted by atomic mass is 9.96. The summed E-state index contributed by atoms with van der Waals surface area (Å²) in [4.78, 5) is 14.6. The second kappa shape index (κ2) is 9.61. The van der Waals surface area contributed by atoms with Gasteiger partial charge < -0.3 is 0 Å². The summed E-state index contributed by atoms with van der Waals surface area (Å²) >= 11 is 0. The average molecular weight is 454 g/mol. The normalized spacial score (nSPS) is 11.7. The molecule has 2 aromatic carbocycles. The Kier molecular flexibility index (Phi) is 6.79. The fourth-order valence-electron chi connectivity index (χ4n) is 4.64. The maximum atomic E-state index is 4.92. The quantitative estimate of drug-likeness (QED) is 0.313. The maximum absolute atomic E-state index is 4.92. The number of rotatable bonds is 6. The van der Waals surface area contributed by atoms with Crippen molar-refractivity contribution in [3.8, 4) is 22.6 Å². The van der Waals surface area contributed by atoms with Crippen molar-refractivity contribution >= 4 is 10.8 Å². The van der Waals surface area contributed by atoms with E-state index in [0.29, 0.717) is 11.8 Å². The topological polar surface area (TPSA) is 42.6 Å². The standard InChI is InChI=1S/C30H37N4/c1-18(2)12-28-31-29(13-19(3)4)33-30(32-28)24-11-9-10-23-16-27(34(8)17-26(23)24)25-15-20(5)14-21(6)22(25)7/h9-11,14-19H,12-13H2,1-8H3/q+1. The van der Waals surface area contributed by atoms with Crippen molar-refractivity contribution in [2.45, 2.75) is 61.3 Å². The smallest absolute Gasteiger partial charge is 0.213 e. The molecule has 176 valence electrons. The molecule has 0 unspecified atom stereocenters.